The Morgan fingerprint density at radius 1 is 1.23 bits per heavy atom. The van der Waals surface area contributed by atoms with Crippen LogP contribution < -0.4 is 10.2 Å². The zero-order valence-electron chi connectivity index (χ0n) is 21.8. The van der Waals surface area contributed by atoms with Crippen molar-refractivity contribution in [1.82, 2.24) is 15.1 Å². The normalized spacial score (nSPS) is 12.8. The number of fused-ring (bicyclic) bond motifs is 1. The van der Waals surface area contributed by atoms with E-state index in [0.717, 1.165) is 12.1 Å². The number of nitro groups is 1. The number of nitrogens with zero attached hydrogens (tertiary/aromatic N) is 5. The topological polar surface area (TPSA) is 126 Å². The zero-order chi connectivity index (χ0) is 28.3. The number of amides is 2. The van der Waals surface area contributed by atoms with E-state index in [-0.39, 0.29) is 36.5 Å². The number of anilines is 1. The predicted molar refractivity (Wildman–Crippen MR) is 143 cm³/mol. The lowest BCUT2D eigenvalue weighted by Crippen LogP contribution is -2.38. The molecule has 2 aromatic carbocycles. The molecule has 0 saturated carbocycles. The third-order valence-electron chi connectivity index (χ3n) is 6.26. The van der Waals surface area contributed by atoms with Crippen molar-refractivity contribution in [2.45, 2.75) is 45.4 Å². The van der Waals surface area contributed by atoms with Crippen molar-refractivity contribution < 1.29 is 23.2 Å². The number of nitrogens with one attached hydrogen (secondary N) is 1. The third-order valence-corrected chi connectivity index (χ3v) is 7.97. The van der Waals surface area contributed by atoms with Gasteiger partial charge in [-0.3, -0.25) is 4.90 Å². The minimum atomic E-state index is -1.30. The highest BCUT2D eigenvalue weighted by atomic mass is 28.3. The number of rotatable bonds is 9. The van der Waals surface area contributed by atoms with Gasteiger partial charge < -0.3 is 20.2 Å². The molecule has 0 atom stereocenters. The van der Waals surface area contributed by atoms with Gasteiger partial charge in [-0.05, 0) is 58.8 Å². The summed E-state index contributed by atoms with van der Waals surface area (Å²) in [5.74, 6) is -1.81. The molecule has 1 aliphatic rings. The first-order chi connectivity index (χ1) is 18.4. The van der Waals surface area contributed by atoms with Crippen molar-refractivity contribution in [3.8, 4) is 17.2 Å². The summed E-state index contributed by atoms with van der Waals surface area (Å²) in [6.07, 6.45) is 1.81. The molecule has 10 nitrogen and oxygen atoms in total. The molecule has 0 radical (unpaired) electrons. The van der Waals surface area contributed by atoms with Crippen LogP contribution in [0.25, 0.3) is 11.1 Å². The van der Waals surface area contributed by atoms with Crippen LogP contribution in [0.1, 0.15) is 16.7 Å². The molecule has 1 aromatic heterocycles. The molecule has 2 heterocycles. The average Bonchev–Trinajstić information content (AvgIpc) is 3.48. The molecule has 39 heavy (non-hydrogen) atoms. The van der Waals surface area contributed by atoms with E-state index in [0.29, 0.717) is 29.8 Å². The van der Waals surface area contributed by atoms with E-state index in [4.69, 9.17) is 10.00 Å². The van der Waals surface area contributed by atoms with Gasteiger partial charge >= 0.3 is 11.8 Å². The van der Waals surface area contributed by atoms with Crippen LogP contribution in [0.4, 0.5) is 25.1 Å². The summed E-state index contributed by atoms with van der Waals surface area (Å²) in [4.78, 5) is 25.2. The van der Waals surface area contributed by atoms with Crippen molar-refractivity contribution in [1.29, 1.82) is 5.26 Å². The fourth-order valence-corrected chi connectivity index (χ4v) is 5.01. The van der Waals surface area contributed by atoms with Crippen LogP contribution in [0, 0.1) is 33.1 Å². The molecule has 2 amide bonds. The number of benzene rings is 2. The van der Waals surface area contributed by atoms with Gasteiger partial charge in [-0.1, -0.05) is 19.6 Å². The number of hydrogen-bond acceptors (Lipinski definition) is 6. The Morgan fingerprint density at radius 2 is 2.00 bits per heavy atom. The molecule has 204 valence electrons. The van der Waals surface area contributed by atoms with E-state index in [2.05, 4.69) is 30.1 Å². The van der Waals surface area contributed by atoms with Crippen molar-refractivity contribution in [3.05, 3.63) is 75.0 Å². The Hall–Kier alpha value is -4.15. The van der Waals surface area contributed by atoms with Gasteiger partial charge in [-0.25, -0.2) is 13.6 Å². The molecule has 0 aliphatic carbocycles. The highest BCUT2D eigenvalue weighted by molar-refractivity contribution is 6.76. The van der Waals surface area contributed by atoms with Gasteiger partial charge in [0.1, 0.15) is 17.2 Å². The summed E-state index contributed by atoms with van der Waals surface area (Å²) in [7, 11) is -1.30. The van der Waals surface area contributed by atoms with Gasteiger partial charge in [0.05, 0.1) is 28.6 Å². The molecule has 0 saturated heterocycles. The molecule has 3 aromatic rings. The van der Waals surface area contributed by atoms with Gasteiger partial charge in [0.2, 0.25) is 0 Å². The first kappa shape index (κ1) is 27.9. The monoisotopic (exact) mass is 554 g/mol. The second-order valence-electron chi connectivity index (χ2n) is 10.5. The number of carbonyl (C=O) groups is 1. The lowest BCUT2D eigenvalue weighted by molar-refractivity contribution is -0.389. The van der Waals surface area contributed by atoms with Crippen LogP contribution in [0.3, 0.4) is 0 Å². The molecule has 0 bridgehead atoms. The molecular weight excluding hydrogens is 526 g/mol. The van der Waals surface area contributed by atoms with Crippen LogP contribution in [-0.2, 0) is 24.4 Å². The van der Waals surface area contributed by atoms with E-state index in [1.165, 1.54) is 40.0 Å². The van der Waals surface area contributed by atoms with Crippen LogP contribution in [0.5, 0.6) is 0 Å². The minimum Gasteiger partial charge on any atom is -0.358 e. The smallest absolute Gasteiger partial charge is 0.358 e. The van der Waals surface area contributed by atoms with Gasteiger partial charge in [-0.2, -0.15) is 9.94 Å². The van der Waals surface area contributed by atoms with Crippen molar-refractivity contribution in [2.24, 2.45) is 0 Å². The van der Waals surface area contributed by atoms with Crippen molar-refractivity contribution >= 4 is 25.6 Å². The first-order valence-corrected chi connectivity index (χ1v) is 16.0. The van der Waals surface area contributed by atoms with E-state index < -0.39 is 36.5 Å². The standard InChI is InChI=1S/C26H28F2N6O4Si/c1-39(2,3)7-6-38-16-32-15-22(25(31-32)34(36)37)21-11-19-4-5-33(24(19)12-23(21)28)26(35)30-14-18-8-17(13-29)9-20(27)10-18/h8-12,15H,4-7,14,16H2,1-3H3,(H,30,35). The second-order valence-corrected chi connectivity index (χ2v) is 16.1. The number of carbonyl (C=O) groups excluding carboxylic acids is 1. The van der Waals surface area contributed by atoms with Crippen LogP contribution in [-0.4, -0.2) is 42.0 Å². The van der Waals surface area contributed by atoms with E-state index in [1.807, 2.05) is 6.07 Å². The third kappa shape index (κ3) is 6.65. The maximum absolute atomic E-state index is 15.3. The summed E-state index contributed by atoms with van der Waals surface area (Å²) >= 11 is 0. The van der Waals surface area contributed by atoms with Crippen LogP contribution in [0.15, 0.2) is 36.5 Å². The Kier molecular flexibility index (Phi) is 8.08. The number of urea groups is 1. The molecule has 1 N–H and O–H groups in total. The first-order valence-electron chi connectivity index (χ1n) is 12.3. The summed E-state index contributed by atoms with van der Waals surface area (Å²) in [6.45, 7) is 7.39. The quantitative estimate of drug-likeness (QED) is 0.168. The lowest BCUT2D eigenvalue weighted by Gasteiger charge is -2.19. The number of halogens is 2. The van der Waals surface area contributed by atoms with Gasteiger partial charge in [-0.15, -0.1) is 0 Å². The van der Waals surface area contributed by atoms with Crippen LogP contribution >= 0.6 is 0 Å². The Balaban J connectivity index is 1.51. The summed E-state index contributed by atoms with van der Waals surface area (Å²) in [5, 5.41) is 27.3. The largest absolute Gasteiger partial charge is 0.398 e. The number of hydrogen-bond donors (Lipinski definition) is 1. The molecule has 1 aliphatic heterocycles. The Labute approximate surface area is 225 Å². The maximum Gasteiger partial charge on any atom is 0.398 e. The highest BCUT2D eigenvalue weighted by Gasteiger charge is 2.30. The molecule has 0 fully saturated rings. The number of nitriles is 1. The fraction of sp³-hybridized carbons (Fsp3) is 0.346. The Bertz CT molecular complexity index is 1460. The van der Waals surface area contributed by atoms with Gasteiger partial charge in [0, 0.05) is 33.3 Å². The summed E-state index contributed by atoms with van der Waals surface area (Å²) < 4.78 is 35.9. The van der Waals surface area contributed by atoms with E-state index >= 15 is 4.39 Å². The van der Waals surface area contributed by atoms with Gasteiger partial charge in [0.25, 0.3) is 0 Å². The lowest BCUT2D eigenvalue weighted by atomic mass is 10.0. The Morgan fingerprint density at radius 3 is 2.69 bits per heavy atom. The highest BCUT2D eigenvalue weighted by Crippen LogP contribution is 2.37. The molecule has 0 spiro atoms. The van der Waals surface area contributed by atoms with Crippen molar-refractivity contribution in [2.75, 3.05) is 18.1 Å². The summed E-state index contributed by atoms with van der Waals surface area (Å²) in [6, 6.07) is 8.74. The van der Waals surface area contributed by atoms with Crippen LogP contribution in [0.2, 0.25) is 25.7 Å². The molecular formula is C26H28F2N6O4Si. The van der Waals surface area contributed by atoms with Gasteiger partial charge in [0.15, 0.2) is 6.73 Å². The molecule has 4 rings (SSSR count). The average molecular weight is 555 g/mol. The SMILES string of the molecule is C[Si](C)(C)CCOCn1cc(-c2cc3c(cc2F)N(C(=O)NCc2cc(F)cc(C#N)c2)CC3)c([N+](=O)[O-])n1. The van der Waals surface area contributed by atoms with Crippen molar-refractivity contribution in [3.63, 3.8) is 0 Å². The number of aromatic nitrogens is 2. The summed E-state index contributed by atoms with van der Waals surface area (Å²) in [5.41, 5.74) is 1.57. The maximum atomic E-state index is 15.3. The molecule has 13 heteroatoms. The predicted octanol–water partition coefficient (Wildman–Crippen LogP) is 5.19. The fourth-order valence-electron chi connectivity index (χ4n) is 4.26. The second kappa shape index (κ2) is 11.3. The van der Waals surface area contributed by atoms with E-state index in [9.17, 15) is 19.3 Å². The minimum absolute atomic E-state index is 0.00695. The van der Waals surface area contributed by atoms with E-state index in [1.54, 1.807) is 0 Å². The zero-order valence-corrected chi connectivity index (χ0v) is 22.8. The molecule has 0 unspecified atom stereocenters. The number of ether oxygens (including phenoxy) is 1.